The average molecular weight is 335 g/mol. The molecule has 0 unspecified atom stereocenters. The molecule has 2 N–H and O–H groups in total. The number of allylic oxidation sites excluding steroid dienone is 1. The number of hydrazone groups is 1. The Labute approximate surface area is 143 Å². The van der Waals surface area contributed by atoms with Gasteiger partial charge in [0.25, 0.3) is 0 Å². The third kappa shape index (κ3) is 6.28. The van der Waals surface area contributed by atoms with Crippen LogP contribution in [0, 0.1) is 0 Å². The van der Waals surface area contributed by atoms with E-state index in [-0.39, 0.29) is 0 Å². The van der Waals surface area contributed by atoms with Gasteiger partial charge in [0.15, 0.2) is 16.6 Å². The Hall–Kier alpha value is -2.08. The van der Waals surface area contributed by atoms with Crippen LogP contribution in [-0.2, 0) is 6.42 Å². The summed E-state index contributed by atoms with van der Waals surface area (Å²) in [5, 5.41) is 7.60. The molecule has 6 heteroatoms. The maximum Gasteiger partial charge on any atom is 0.186 e. The molecule has 0 saturated heterocycles. The van der Waals surface area contributed by atoms with Crippen molar-refractivity contribution >= 4 is 23.5 Å². The summed E-state index contributed by atoms with van der Waals surface area (Å²) >= 11 is 5.06. The minimum absolute atomic E-state index is 0.492. The van der Waals surface area contributed by atoms with E-state index >= 15 is 0 Å². The van der Waals surface area contributed by atoms with Crippen molar-refractivity contribution in [3.8, 4) is 11.5 Å². The molecular formula is C17H25N3O2S. The third-order valence-corrected chi connectivity index (χ3v) is 3.06. The number of hydrogen-bond donors (Lipinski definition) is 2. The number of hydrogen-bond acceptors (Lipinski definition) is 4. The highest BCUT2D eigenvalue weighted by Crippen LogP contribution is 2.33. The van der Waals surface area contributed by atoms with Crippen molar-refractivity contribution in [1.29, 1.82) is 0 Å². The summed E-state index contributed by atoms with van der Waals surface area (Å²) in [6, 6.07) is 3.92. The summed E-state index contributed by atoms with van der Waals surface area (Å²) in [5.41, 5.74) is 4.69. The first-order valence-corrected chi connectivity index (χ1v) is 8.17. The van der Waals surface area contributed by atoms with Gasteiger partial charge in [-0.25, -0.2) is 0 Å². The molecule has 0 bridgehead atoms. The van der Waals surface area contributed by atoms with Crippen molar-refractivity contribution in [1.82, 2.24) is 10.7 Å². The van der Waals surface area contributed by atoms with Crippen molar-refractivity contribution in [3.63, 3.8) is 0 Å². The van der Waals surface area contributed by atoms with E-state index in [1.807, 2.05) is 39.0 Å². The van der Waals surface area contributed by atoms with Crippen LogP contribution in [0.3, 0.4) is 0 Å². The number of rotatable bonds is 9. The fourth-order valence-electron chi connectivity index (χ4n) is 2.00. The van der Waals surface area contributed by atoms with Crippen LogP contribution in [0.2, 0.25) is 0 Å². The second-order valence-electron chi connectivity index (χ2n) is 4.60. The summed E-state index contributed by atoms with van der Waals surface area (Å²) in [7, 11) is 0. The van der Waals surface area contributed by atoms with Crippen LogP contribution < -0.4 is 20.2 Å². The van der Waals surface area contributed by atoms with Crippen molar-refractivity contribution < 1.29 is 9.47 Å². The molecule has 0 aliphatic carbocycles. The molecule has 126 valence electrons. The summed E-state index contributed by atoms with van der Waals surface area (Å²) in [6.07, 6.45) is 4.24. The second-order valence-corrected chi connectivity index (χ2v) is 5.00. The smallest absolute Gasteiger partial charge is 0.186 e. The van der Waals surface area contributed by atoms with Crippen molar-refractivity contribution in [2.24, 2.45) is 5.10 Å². The molecule has 1 rings (SSSR count). The summed E-state index contributed by atoms with van der Waals surface area (Å²) in [6.45, 7) is 11.6. The molecule has 1 aromatic rings. The second kappa shape index (κ2) is 10.6. The lowest BCUT2D eigenvalue weighted by atomic mass is 10.1. The first kappa shape index (κ1) is 19.0. The molecule has 0 atom stereocenters. The fourth-order valence-corrected chi connectivity index (χ4v) is 2.20. The average Bonchev–Trinajstić information content (AvgIpc) is 2.51. The first-order chi connectivity index (χ1) is 11.2. The van der Waals surface area contributed by atoms with Crippen LogP contribution in [-0.4, -0.2) is 31.1 Å². The minimum atomic E-state index is 0.492. The van der Waals surface area contributed by atoms with Crippen molar-refractivity contribution in [2.75, 3.05) is 19.8 Å². The molecule has 0 aliphatic heterocycles. The van der Waals surface area contributed by atoms with E-state index in [4.69, 9.17) is 21.7 Å². The molecule has 0 saturated carbocycles. The van der Waals surface area contributed by atoms with Gasteiger partial charge in [-0.15, -0.1) is 6.58 Å². The van der Waals surface area contributed by atoms with E-state index in [0.717, 1.165) is 23.4 Å². The highest BCUT2D eigenvalue weighted by atomic mass is 32.1. The minimum Gasteiger partial charge on any atom is -0.490 e. The van der Waals surface area contributed by atoms with E-state index in [9.17, 15) is 0 Å². The predicted octanol–water partition coefficient (Wildman–Crippen LogP) is 3.03. The van der Waals surface area contributed by atoms with Gasteiger partial charge in [0.05, 0.1) is 19.4 Å². The largest absolute Gasteiger partial charge is 0.490 e. The Kier molecular flexibility index (Phi) is 8.75. The van der Waals surface area contributed by atoms with Gasteiger partial charge in [0, 0.05) is 12.1 Å². The Morgan fingerprint density at radius 3 is 2.61 bits per heavy atom. The van der Waals surface area contributed by atoms with Gasteiger partial charge in [-0.3, -0.25) is 5.43 Å². The van der Waals surface area contributed by atoms with E-state index < -0.39 is 0 Å². The van der Waals surface area contributed by atoms with Crippen molar-refractivity contribution in [2.45, 2.75) is 27.2 Å². The van der Waals surface area contributed by atoms with Crippen LogP contribution in [0.25, 0.3) is 0 Å². The molecule has 5 nitrogen and oxygen atoms in total. The molecule has 0 aromatic heterocycles. The third-order valence-electron chi connectivity index (χ3n) is 2.82. The topological polar surface area (TPSA) is 54.9 Å². The molecule has 1 aromatic carbocycles. The fraction of sp³-hybridized carbons (Fsp3) is 0.412. The van der Waals surface area contributed by atoms with Crippen molar-refractivity contribution in [3.05, 3.63) is 35.9 Å². The lowest BCUT2D eigenvalue weighted by Gasteiger charge is -2.15. The molecule has 0 fully saturated rings. The molecule has 23 heavy (non-hydrogen) atoms. The molecule has 0 amide bonds. The van der Waals surface area contributed by atoms with Gasteiger partial charge in [0.2, 0.25) is 0 Å². The number of nitrogens with one attached hydrogen (secondary N) is 2. The summed E-state index contributed by atoms with van der Waals surface area (Å²) in [5.74, 6) is 1.48. The maximum absolute atomic E-state index is 5.74. The highest BCUT2D eigenvalue weighted by molar-refractivity contribution is 7.80. The molecule has 0 radical (unpaired) electrons. The van der Waals surface area contributed by atoms with Gasteiger partial charge in [-0.05, 0) is 57.1 Å². The Morgan fingerprint density at radius 1 is 1.26 bits per heavy atom. The van der Waals surface area contributed by atoms with Gasteiger partial charge < -0.3 is 14.8 Å². The van der Waals surface area contributed by atoms with Gasteiger partial charge in [-0.2, -0.15) is 5.10 Å². The number of benzene rings is 1. The van der Waals surface area contributed by atoms with Crippen LogP contribution in [0.15, 0.2) is 29.9 Å². The number of nitrogens with zero attached hydrogens (tertiary/aromatic N) is 1. The van der Waals surface area contributed by atoms with Gasteiger partial charge in [0.1, 0.15) is 0 Å². The molecule has 0 aliphatic rings. The monoisotopic (exact) mass is 335 g/mol. The van der Waals surface area contributed by atoms with E-state index in [1.54, 1.807) is 6.21 Å². The zero-order chi connectivity index (χ0) is 17.1. The van der Waals surface area contributed by atoms with Crippen LogP contribution in [0.1, 0.15) is 31.9 Å². The Balaban J connectivity index is 3.05. The highest BCUT2D eigenvalue weighted by Gasteiger charge is 2.12. The van der Waals surface area contributed by atoms with E-state index in [2.05, 4.69) is 22.4 Å². The summed E-state index contributed by atoms with van der Waals surface area (Å²) in [4.78, 5) is 0. The molecule has 0 spiro atoms. The van der Waals surface area contributed by atoms with Gasteiger partial charge >= 0.3 is 0 Å². The normalized spacial score (nSPS) is 10.4. The number of ether oxygens (including phenoxy) is 2. The Morgan fingerprint density at radius 2 is 2.00 bits per heavy atom. The molecule has 0 heterocycles. The Bertz CT molecular complexity index is 559. The quantitative estimate of drug-likeness (QED) is 0.314. The number of thiocarbonyl (C=S) groups is 1. The standard InChI is InChI=1S/C17H25N3O2S/c1-5-9-14-10-13(12-19-20-17(23)18-6-2)11-15(21-7-3)16(14)22-8-4/h5,10-12H,1,6-9H2,2-4H3,(H2,18,20,23)/b19-12-. The zero-order valence-electron chi connectivity index (χ0n) is 14.0. The lowest BCUT2D eigenvalue weighted by molar-refractivity contribution is 0.285. The van der Waals surface area contributed by atoms with Crippen LogP contribution in [0.4, 0.5) is 0 Å². The summed E-state index contributed by atoms with van der Waals surface area (Å²) < 4.78 is 11.4. The molecular weight excluding hydrogens is 310 g/mol. The predicted molar refractivity (Wildman–Crippen MR) is 99.7 cm³/mol. The van der Waals surface area contributed by atoms with E-state index in [1.165, 1.54) is 0 Å². The maximum atomic E-state index is 5.74. The van der Waals surface area contributed by atoms with Crippen LogP contribution >= 0.6 is 12.2 Å². The lowest BCUT2D eigenvalue weighted by Crippen LogP contribution is -2.31. The zero-order valence-corrected chi connectivity index (χ0v) is 14.8. The van der Waals surface area contributed by atoms with Crippen LogP contribution in [0.5, 0.6) is 11.5 Å². The van der Waals surface area contributed by atoms with E-state index in [0.29, 0.717) is 30.5 Å². The SMILES string of the molecule is C=CCc1cc(/C=N\NC(=S)NCC)cc(OCC)c1OCC. The van der Waals surface area contributed by atoms with Gasteiger partial charge in [-0.1, -0.05) is 6.08 Å². The first-order valence-electron chi connectivity index (χ1n) is 7.76.